The molecular weight excluding hydrogens is 479 g/mol. The summed E-state index contributed by atoms with van der Waals surface area (Å²) in [7, 11) is 3.60. The van der Waals surface area contributed by atoms with E-state index in [1.807, 2.05) is 7.05 Å². The molecule has 6 nitrogen and oxygen atoms in total. The zero-order valence-electron chi connectivity index (χ0n) is 17.7. The quantitative estimate of drug-likeness (QED) is 0.240. The third kappa shape index (κ3) is 7.15. The summed E-state index contributed by atoms with van der Waals surface area (Å²) in [6.07, 6.45) is 6.70. The Hall–Kier alpha value is -1.32. The molecule has 0 atom stereocenters. The van der Waals surface area contributed by atoms with Gasteiger partial charge in [-0.05, 0) is 43.2 Å². The van der Waals surface area contributed by atoms with Crippen molar-refractivity contribution in [2.45, 2.75) is 38.3 Å². The maximum Gasteiger partial charge on any atom is 0.193 e. The normalized spacial score (nSPS) is 15.5. The Bertz CT molecular complexity index is 741. The maximum atomic E-state index is 5.95. The van der Waals surface area contributed by atoms with Crippen molar-refractivity contribution in [2.24, 2.45) is 4.99 Å². The highest BCUT2D eigenvalue weighted by molar-refractivity contribution is 14.0. The summed E-state index contributed by atoms with van der Waals surface area (Å²) in [5.74, 6) is 1.01. The highest BCUT2D eigenvalue weighted by Gasteiger charge is 2.21. The predicted molar refractivity (Wildman–Crippen MR) is 130 cm³/mol. The molecule has 0 saturated carbocycles. The largest absolute Gasteiger partial charge is 0.385 e. The number of benzene rings is 1. The number of ether oxygens (including phenoxy) is 2. The zero-order valence-corrected chi connectivity index (χ0v) is 20.0. The van der Waals surface area contributed by atoms with Crippen molar-refractivity contribution in [1.29, 1.82) is 0 Å². The number of rotatable bonds is 9. The summed E-state index contributed by atoms with van der Waals surface area (Å²) in [5, 5.41) is 4.83. The Morgan fingerprint density at radius 1 is 1.14 bits per heavy atom. The van der Waals surface area contributed by atoms with Crippen molar-refractivity contribution in [2.75, 3.05) is 47.0 Å². The lowest BCUT2D eigenvalue weighted by atomic mass is 10.1. The number of hydrogen-bond acceptors (Lipinski definition) is 3. The number of piperidine rings is 1. The number of likely N-dealkylation sites (tertiary alicyclic amines) is 1. The summed E-state index contributed by atoms with van der Waals surface area (Å²) in [6, 6.07) is 10.7. The first-order valence-electron chi connectivity index (χ1n) is 10.4. The van der Waals surface area contributed by atoms with Gasteiger partial charge in [0.2, 0.25) is 0 Å². The van der Waals surface area contributed by atoms with Crippen molar-refractivity contribution >= 4 is 40.8 Å². The van der Waals surface area contributed by atoms with Crippen LogP contribution in [0.25, 0.3) is 10.9 Å². The van der Waals surface area contributed by atoms with E-state index in [4.69, 9.17) is 9.47 Å². The first-order chi connectivity index (χ1) is 13.8. The van der Waals surface area contributed by atoms with Crippen molar-refractivity contribution in [3.63, 3.8) is 0 Å². The Labute approximate surface area is 191 Å². The molecule has 7 heteroatoms. The fourth-order valence-electron chi connectivity index (χ4n) is 3.80. The number of para-hydroxylation sites is 1. The molecule has 1 aromatic carbocycles. The van der Waals surface area contributed by atoms with Crippen molar-refractivity contribution < 1.29 is 9.47 Å². The van der Waals surface area contributed by atoms with Gasteiger partial charge in [0.25, 0.3) is 0 Å². The van der Waals surface area contributed by atoms with Gasteiger partial charge in [-0.2, -0.15) is 0 Å². The average molecular weight is 514 g/mol. The number of halogens is 1. The van der Waals surface area contributed by atoms with Gasteiger partial charge in [-0.3, -0.25) is 4.99 Å². The van der Waals surface area contributed by atoms with E-state index >= 15 is 0 Å². The van der Waals surface area contributed by atoms with Crippen LogP contribution >= 0.6 is 24.0 Å². The molecule has 2 aromatic rings. The summed E-state index contributed by atoms with van der Waals surface area (Å²) in [4.78, 5) is 6.82. The number of aryl methyl sites for hydroxylation is 1. The van der Waals surface area contributed by atoms with Gasteiger partial charge in [-0.1, -0.05) is 18.2 Å². The standard InChI is InChI=1S/C22H34N4O2.HI/c1-23-22(26-15-10-20(11-16-26)28-18-6-17-27-2)24-12-5-13-25-14-9-19-7-3-4-8-21(19)25;/h3-4,7-9,14,20H,5-6,10-13,15-18H2,1-2H3,(H,23,24);1H. The van der Waals surface area contributed by atoms with Gasteiger partial charge in [-0.25, -0.2) is 0 Å². The van der Waals surface area contributed by atoms with E-state index in [9.17, 15) is 0 Å². The Morgan fingerprint density at radius 3 is 2.69 bits per heavy atom. The SMILES string of the molecule is CN=C(NCCCn1ccc2ccccc21)N1CCC(OCCCOC)CC1.I. The lowest BCUT2D eigenvalue weighted by Gasteiger charge is -2.34. The molecule has 3 rings (SSSR count). The maximum absolute atomic E-state index is 5.95. The zero-order chi connectivity index (χ0) is 19.6. The number of guanidine groups is 1. The fourth-order valence-corrected chi connectivity index (χ4v) is 3.80. The molecule has 0 bridgehead atoms. The van der Waals surface area contributed by atoms with E-state index in [-0.39, 0.29) is 24.0 Å². The Kier molecular flexibility index (Phi) is 10.8. The third-order valence-electron chi connectivity index (χ3n) is 5.34. The van der Waals surface area contributed by atoms with Crippen LogP contribution in [0.5, 0.6) is 0 Å². The molecule has 1 fully saturated rings. The minimum Gasteiger partial charge on any atom is -0.385 e. The molecule has 1 aliphatic heterocycles. The molecule has 1 saturated heterocycles. The first-order valence-corrected chi connectivity index (χ1v) is 10.4. The molecule has 0 aliphatic carbocycles. The molecule has 0 spiro atoms. The molecular formula is C22H35IN4O2. The molecule has 2 heterocycles. The van der Waals surface area contributed by atoms with E-state index < -0.39 is 0 Å². The molecule has 0 radical (unpaired) electrons. The second kappa shape index (κ2) is 13.1. The van der Waals surface area contributed by atoms with Crippen LogP contribution in [0, 0.1) is 0 Å². The number of aromatic nitrogens is 1. The van der Waals surface area contributed by atoms with E-state index in [0.29, 0.717) is 6.10 Å². The molecule has 29 heavy (non-hydrogen) atoms. The predicted octanol–water partition coefficient (Wildman–Crippen LogP) is 3.74. The van der Waals surface area contributed by atoms with Crippen LogP contribution in [-0.4, -0.2) is 68.5 Å². The molecule has 0 amide bonds. The van der Waals surface area contributed by atoms with Crippen molar-refractivity contribution in [3.05, 3.63) is 36.5 Å². The number of fused-ring (bicyclic) bond motifs is 1. The number of methoxy groups -OCH3 is 1. The van der Waals surface area contributed by atoms with Crippen LogP contribution in [0.15, 0.2) is 41.5 Å². The van der Waals surface area contributed by atoms with Gasteiger partial charge in [0.15, 0.2) is 5.96 Å². The third-order valence-corrected chi connectivity index (χ3v) is 5.34. The summed E-state index contributed by atoms with van der Waals surface area (Å²) < 4.78 is 13.3. The number of aliphatic imine (C=N–C) groups is 1. The topological polar surface area (TPSA) is 51.0 Å². The molecule has 1 N–H and O–H groups in total. The monoisotopic (exact) mass is 514 g/mol. The smallest absolute Gasteiger partial charge is 0.193 e. The highest BCUT2D eigenvalue weighted by atomic mass is 127. The number of nitrogens with one attached hydrogen (secondary N) is 1. The van der Waals surface area contributed by atoms with Gasteiger partial charge in [0.05, 0.1) is 6.10 Å². The van der Waals surface area contributed by atoms with Crippen LogP contribution in [0.3, 0.4) is 0 Å². The minimum absolute atomic E-state index is 0. The fraction of sp³-hybridized carbons (Fsp3) is 0.591. The van der Waals surface area contributed by atoms with Gasteiger partial charge < -0.3 is 24.3 Å². The van der Waals surface area contributed by atoms with E-state index in [2.05, 4.69) is 56.3 Å². The first kappa shape index (κ1) is 24.0. The van der Waals surface area contributed by atoms with Crippen LogP contribution in [-0.2, 0) is 16.0 Å². The molecule has 162 valence electrons. The van der Waals surface area contributed by atoms with Gasteiger partial charge in [0.1, 0.15) is 0 Å². The second-order valence-electron chi connectivity index (χ2n) is 7.30. The summed E-state index contributed by atoms with van der Waals surface area (Å²) in [6.45, 7) is 5.49. The second-order valence-corrected chi connectivity index (χ2v) is 7.30. The van der Waals surface area contributed by atoms with Crippen LogP contribution < -0.4 is 5.32 Å². The Morgan fingerprint density at radius 2 is 1.93 bits per heavy atom. The highest BCUT2D eigenvalue weighted by Crippen LogP contribution is 2.16. The van der Waals surface area contributed by atoms with E-state index in [0.717, 1.165) is 71.0 Å². The lowest BCUT2D eigenvalue weighted by Crippen LogP contribution is -2.47. The van der Waals surface area contributed by atoms with Gasteiger partial charge >= 0.3 is 0 Å². The lowest BCUT2D eigenvalue weighted by molar-refractivity contribution is 0.00991. The van der Waals surface area contributed by atoms with Crippen molar-refractivity contribution in [1.82, 2.24) is 14.8 Å². The van der Waals surface area contributed by atoms with Crippen molar-refractivity contribution in [3.8, 4) is 0 Å². The number of hydrogen-bond donors (Lipinski definition) is 1. The van der Waals surface area contributed by atoms with E-state index in [1.165, 1.54) is 10.9 Å². The molecule has 1 aliphatic rings. The average Bonchev–Trinajstić information content (AvgIpc) is 3.15. The van der Waals surface area contributed by atoms with Crippen LogP contribution in [0.2, 0.25) is 0 Å². The number of nitrogens with zero attached hydrogens (tertiary/aromatic N) is 3. The van der Waals surface area contributed by atoms with E-state index in [1.54, 1.807) is 7.11 Å². The van der Waals surface area contributed by atoms with Gasteiger partial charge in [0, 0.05) is 65.3 Å². The van der Waals surface area contributed by atoms with Gasteiger partial charge in [-0.15, -0.1) is 24.0 Å². The van der Waals surface area contributed by atoms with Crippen LogP contribution in [0.4, 0.5) is 0 Å². The molecule has 0 unspecified atom stereocenters. The summed E-state index contributed by atoms with van der Waals surface area (Å²) >= 11 is 0. The van der Waals surface area contributed by atoms with Crippen LogP contribution in [0.1, 0.15) is 25.7 Å². The minimum atomic E-state index is 0. The Balaban J connectivity index is 0.00000300. The summed E-state index contributed by atoms with van der Waals surface area (Å²) in [5.41, 5.74) is 1.31. The molecule has 1 aromatic heterocycles.